The molecule has 0 fully saturated rings. The van der Waals surface area contributed by atoms with Crippen molar-refractivity contribution in [3.63, 3.8) is 0 Å². The number of ether oxygens (including phenoxy) is 1. The first-order chi connectivity index (χ1) is 12.0. The Labute approximate surface area is 148 Å². The lowest BCUT2D eigenvalue weighted by Crippen LogP contribution is -2.26. The standard InChI is InChI=1S/C16H16ClN5O3/c1-10-3-12(20-19-10)8-22(2)16(23)15-5-14(25-21-15)9-24-13-4-11(17)6-18-7-13/h3-7H,8-9H2,1-2H3,(H,19,20). The van der Waals surface area contributed by atoms with Gasteiger partial charge in [-0.3, -0.25) is 14.9 Å². The Balaban J connectivity index is 1.59. The first-order valence-electron chi connectivity index (χ1n) is 7.46. The number of amides is 1. The zero-order valence-corrected chi connectivity index (χ0v) is 14.4. The van der Waals surface area contributed by atoms with Crippen LogP contribution >= 0.6 is 11.6 Å². The first-order valence-corrected chi connectivity index (χ1v) is 7.84. The van der Waals surface area contributed by atoms with Crippen LogP contribution in [0.5, 0.6) is 5.75 Å². The second-order valence-corrected chi connectivity index (χ2v) is 5.95. The molecule has 8 nitrogen and oxygen atoms in total. The minimum Gasteiger partial charge on any atom is -0.484 e. The molecule has 3 aromatic heterocycles. The summed E-state index contributed by atoms with van der Waals surface area (Å²) in [5.41, 5.74) is 1.92. The molecule has 9 heteroatoms. The molecular weight excluding hydrogens is 346 g/mol. The molecule has 0 aliphatic heterocycles. The van der Waals surface area contributed by atoms with Gasteiger partial charge in [0.25, 0.3) is 5.91 Å². The second-order valence-electron chi connectivity index (χ2n) is 5.51. The largest absolute Gasteiger partial charge is 0.484 e. The van der Waals surface area contributed by atoms with Gasteiger partial charge in [0, 0.05) is 31.1 Å². The van der Waals surface area contributed by atoms with Crippen molar-refractivity contribution >= 4 is 17.5 Å². The van der Waals surface area contributed by atoms with Gasteiger partial charge in [0.1, 0.15) is 12.4 Å². The Morgan fingerprint density at radius 1 is 1.36 bits per heavy atom. The molecule has 130 valence electrons. The summed E-state index contributed by atoms with van der Waals surface area (Å²) >= 11 is 5.84. The van der Waals surface area contributed by atoms with E-state index in [0.29, 0.717) is 23.1 Å². The van der Waals surface area contributed by atoms with Crippen LogP contribution < -0.4 is 4.74 Å². The Morgan fingerprint density at radius 2 is 2.20 bits per heavy atom. The smallest absolute Gasteiger partial charge is 0.276 e. The van der Waals surface area contributed by atoms with Gasteiger partial charge in [0.05, 0.1) is 23.5 Å². The molecule has 0 aromatic carbocycles. The fraction of sp³-hybridized carbons (Fsp3) is 0.250. The van der Waals surface area contributed by atoms with E-state index in [2.05, 4.69) is 20.3 Å². The molecule has 1 amide bonds. The number of carbonyl (C=O) groups excluding carboxylic acids is 1. The number of aromatic nitrogens is 4. The topological polar surface area (TPSA) is 97.1 Å². The SMILES string of the molecule is Cc1cc(CN(C)C(=O)c2cc(COc3cncc(Cl)c3)on2)n[nH]1. The lowest BCUT2D eigenvalue weighted by atomic mass is 10.3. The van der Waals surface area contributed by atoms with Gasteiger partial charge >= 0.3 is 0 Å². The normalized spacial score (nSPS) is 10.7. The number of aryl methyl sites for hydroxylation is 1. The quantitative estimate of drug-likeness (QED) is 0.724. The summed E-state index contributed by atoms with van der Waals surface area (Å²) in [4.78, 5) is 17.8. The van der Waals surface area contributed by atoms with E-state index >= 15 is 0 Å². The van der Waals surface area contributed by atoms with Gasteiger partial charge in [-0.2, -0.15) is 5.10 Å². The molecular formula is C16H16ClN5O3. The molecule has 0 bridgehead atoms. The van der Waals surface area contributed by atoms with E-state index in [1.807, 2.05) is 13.0 Å². The average molecular weight is 362 g/mol. The Bertz CT molecular complexity index is 876. The number of H-pyrrole nitrogens is 1. The molecule has 0 atom stereocenters. The fourth-order valence-electron chi connectivity index (χ4n) is 2.17. The summed E-state index contributed by atoms with van der Waals surface area (Å²) in [6.45, 7) is 2.39. The van der Waals surface area contributed by atoms with E-state index in [0.717, 1.165) is 11.4 Å². The number of hydrogen-bond donors (Lipinski definition) is 1. The number of aromatic amines is 1. The van der Waals surface area contributed by atoms with E-state index in [4.69, 9.17) is 20.9 Å². The molecule has 0 saturated heterocycles. The van der Waals surface area contributed by atoms with Gasteiger partial charge < -0.3 is 14.2 Å². The highest BCUT2D eigenvalue weighted by molar-refractivity contribution is 6.30. The molecule has 25 heavy (non-hydrogen) atoms. The highest BCUT2D eigenvalue weighted by Crippen LogP contribution is 2.17. The third-order valence-electron chi connectivity index (χ3n) is 3.34. The maximum absolute atomic E-state index is 12.4. The molecule has 0 radical (unpaired) electrons. The first kappa shape index (κ1) is 17.0. The van der Waals surface area contributed by atoms with Gasteiger partial charge in [0.2, 0.25) is 0 Å². The zero-order chi connectivity index (χ0) is 17.8. The Hall–Kier alpha value is -2.87. The van der Waals surface area contributed by atoms with Crippen molar-refractivity contribution in [3.05, 3.63) is 58.5 Å². The third-order valence-corrected chi connectivity index (χ3v) is 3.55. The van der Waals surface area contributed by atoms with Gasteiger partial charge in [-0.15, -0.1) is 0 Å². The van der Waals surface area contributed by atoms with Gasteiger partial charge in [-0.25, -0.2) is 0 Å². The van der Waals surface area contributed by atoms with Crippen molar-refractivity contribution < 1.29 is 14.1 Å². The van der Waals surface area contributed by atoms with Crippen LogP contribution in [0.25, 0.3) is 0 Å². The summed E-state index contributed by atoms with van der Waals surface area (Å²) in [5.74, 6) is 0.662. The summed E-state index contributed by atoms with van der Waals surface area (Å²) in [6, 6.07) is 5.06. The van der Waals surface area contributed by atoms with Crippen molar-refractivity contribution in [2.75, 3.05) is 7.05 Å². The predicted molar refractivity (Wildman–Crippen MR) is 89.2 cm³/mol. The number of hydrogen-bond acceptors (Lipinski definition) is 6. The zero-order valence-electron chi connectivity index (χ0n) is 13.7. The van der Waals surface area contributed by atoms with Crippen LogP contribution in [0, 0.1) is 6.92 Å². The molecule has 1 N–H and O–H groups in total. The summed E-state index contributed by atoms with van der Waals surface area (Å²) in [6.07, 6.45) is 3.05. The number of carbonyl (C=O) groups is 1. The van der Waals surface area contributed by atoms with Gasteiger partial charge in [0.15, 0.2) is 11.5 Å². The van der Waals surface area contributed by atoms with Crippen molar-refractivity contribution in [3.8, 4) is 5.75 Å². The molecule has 0 aliphatic carbocycles. The van der Waals surface area contributed by atoms with E-state index in [9.17, 15) is 4.79 Å². The van der Waals surface area contributed by atoms with Crippen LogP contribution in [0.15, 0.2) is 35.1 Å². The Morgan fingerprint density at radius 3 is 2.92 bits per heavy atom. The van der Waals surface area contributed by atoms with Gasteiger partial charge in [-0.05, 0) is 13.0 Å². The van der Waals surface area contributed by atoms with Crippen LogP contribution in [0.1, 0.15) is 27.6 Å². The highest BCUT2D eigenvalue weighted by atomic mass is 35.5. The molecule has 0 spiro atoms. The molecule has 3 heterocycles. The van der Waals surface area contributed by atoms with Crippen LogP contribution in [0.2, 0.25) is 5.02 Å². The van der Waals surface area contributed by atoms with Crippen LogP contribution in [-0.4, -0.2) is 38.2 Å². The average Bonchev–Trinajstić information content (AvgIpc) is 3.21. The van der Waals surface area contributed by atoms with Crippen molar-refractivity contribution in [1.82, 2.24) is 25.2 Å². The summed E-state index contributed by atoms with van der Waals surface area (Å²) in [7, 11) is 1.68. The summed E-state index contributed by atoms with van der Waals surface area (Å²) in [5, 5.41) is 11.2. The monoisotopic (exact) mass is 361 g/mol. The van der Waals surface area contributed by atoms with E-state index in [1.54, 1.807) is 19.2 Å². The van der Waals surface area contributed by atoms with E-state index < -0.39 is 0 Å². The van der Waals surface area contributed by atoms with Gasteiger partial charge in [-0.1, -0.05) is 16.8 Å². The van der Waals surface area contributed by atoms with Crippen LogP contribution in [0.4, 0.5) is 0 Å². The third kappa shape index (κ3) is 4.36. The predicted octanol–water partition coefficient (Wildman–Crippen LogP) is 2.61. The van der Waals surface area contributed by atoms with Crippen molar-refractivity contribution in [2.45, 2.75) is 20.1 Å². The fourth-order valence-corrected chi connectivity index (χ4v) is 2.34. The molecule has 0 aliphatic rings. The molecule has 0 saturated carbocycles. The highest BCUT2D eigenvalue weighted by Gasteiger charge is 2.18. The number of nitrogens with one attached hydrogen (secondary N) is 1. The van der Waals surface area contributed by atoms with E-state index in [1.165, 1.54) is 17.3 Å². The maximum atomic E-state index is 12.4. The summed E-state index contributed by atoms with van der Waals surface area (Å²) < 4.78 is 10.6. The van der Waals surface area contributed by atoms with E-state index in [-0.39, 0.29) is 18.2 Å². The number of halogens is 1. The number of pyridine rings is 1. The molecule has 3 aromatic rings. The van der Waals surface area contributed by atoms with Crippen LogP contribution in [0.3, 0.4) is 0 Å². The van der Waals surface area contributed by atoms with Crippen molar-refractivity contribution in [1.29, 1.82) is 0 Å². The maximum Gasteiger partial charge on any atom is 0.276 e. The molecule has 0 unspecified atom stereocenters. The second kappa shape index (κ2) is 7.35. The van der Waals surface area contributed by atoms with Crippen molar-refractivity contribution in [2.24, 2.45) is 0 Å². The minimum absolute atomic E-state index is 0.116. The number of rotatable bonds is 6. The molecule has 3 rings (SSSR count). The van der Waals surface area contributed by atoms with Crippen LogP contribution in [-0.2, 0) is 13.2 Å². The lowest BCUT2D eigenvalue weighted by molar-refractivity contribution is 0.0772. The Kier molecular flexibility index (Phi) is 4.99. The number of nitrogens with zero attached hydrogens (tertiary/aromatic N) is 4. The minimum atomic E-state index is -0.264. The lowest BCUT2D eigenvalue weighted by Gasteiger charge is -2.13.